The summed E-state index contributed by atoms with van der Waals surface area (Å²) in [6, 6.07) is 2.35. The summed E-state index contributed by atoms with van der Waals surface area (Å²) in [6.07, 6.45) is 5.29. The van der Waals surface area contributed by atoms with Crippen LogP contribution in [-0.2, 0) is 4.79 Å². The summed E-state index contributed by atoms with van der Waals surface area (Å²) in [4.78, 5) is 11.4. The molecule has 0 bridgehead atoms. The van der Waals surface area contributed by atoms with Crippen LogP contribution in [0.5, 0.6) is 0 Å². The Labute approximate surface area is 86.3 Å². The van der Waals surface area contributed by atoms with Gasteiger partial charge in [0.15, 0.2) is 0 Å². The highest BCUT2D eigenvalue weighted by atomic mass is 16.1. The smallest absolute Gasteiger partial charge is 0.133 e. The van der Waals surface area contributed by atoms with Crippen LogP contribution in [0.2, 0.25) is 0 Å². The summed E-state index contributed by atoms with van der Waals surface area (Å²) < 4.78 is 0. The summed E-state index contributed by atoms with van der Waals surface area (Å²) in [6.45, 7) is 3.72. The maximum absolute atomic E-state index is 11.4. The highest BCUT2D eigenvalue weighted by Crippen LogP contribution is 2.36. The highest BCUT2D eigenvalue weighted by molar-refractivity contribution is 5.78. The molecule has 14 heavy (non-hydrogen) atoms. The van der Waals surface area contributed by atoms with Gasteiger partial charge in [0.05, 0.1) is 6.07 Å². The molecule has 0 spiro atoms. The Morgan fingerprint density at radius 2 is 2.14 bits per heavy atom. The number of hydrogen-bond acceptors (Lipinski definition) is 2. The van der Waals surface area contributed by atoms with Crippen LogP contribution < -0.4 is 0 Å². The van der Waals surface area contributed by atoms with E-state index in [1.807, 2.05) is 6.92 Å². The zero-order valence-corrected chi connectivity index (χ0v) is 9.12. The monoisotopic (exact) mass is 193 g/mol. The average Bonchev–Trinajstić information content (AvgIpc) is 2.20. The van der Waals surface area contributed by atoms with E-state index < -0.39 is 0 Å². The Bertz CT molecular complexity index is 241. The third-order valence-corrected chi connectivity index (χ3v) is 3.46. The number of rotatable bonds is 3. The molecule has 1 saturated carbocycles. The summed E-state index contributed by atoms with van der Waals surface area (Å²) >= 11 is 0. The molecular weight excluding hydrogens is 174 g/mol. The van der Waals surface area contributed by atoms with Gasteiger partial charge in [-0.1, -0.05) is 19.8 Å². The Morgan fingerprint density at radius 1 is 1.50 bits per heavy atom. The molecule has 0 saturated heterocycles. The van der Waals surface area contributed by atoms with Crippen LogP contribution in [-0.4, -0.2) is 5.78 Å². The Balaban J connectivity index is 2.72. The van der Waals surface area contributed by atoms with Crippen molar-refractivity contribution in [2.75, 3.05) is 0 Å². The zero-order valence-electron chi connectivity index (χ0n) is 9.12. The van der Waals surface area contributed by atoms with E-state index in [2.05, 4.69) is 6.07 Å². The number of nitrogens with zero attached hydrogens (tertiary/aromatic N) is 1. The largest absolute Gasteiger partial charge is 0.300 e. The van der Waals surface area contributed by atoms with E-state index in [0.717, 1.165) is 25.7 Å². The molecule has 3 unspecified atom stereocenters. The van der Waals surface area contributed by atoms with Crippen molar-refractivity contribution in [1.82, 2.24) is 0 Å². The standard InChI is InChI=1S/C12H19NO/c1-3-10(8-13)12-7-5-4-6-11(12)9(2)14/h10-12H,3-7H2,1-2H3. The van der Waals surface area contributed by atoms with Crippen LogP contribution in [0.15, 0.2) is 0 Å². The summed E-state index contributed by atoms with van der Waals surface area (Å²) in [7, 11) is 0. The first kappa shape index (κ1) is 11.2. The lowest BCUT2D eigenvalue weighted by molar-refractivity contribution is -0.124. The first-order valence-electron chi connectivity index (χ1n) is 5.60. The molecular formula is C12H19NO. The minimum Gasteiger partial charge on any atom is -0.300 e. The van der Waals surface area contributed by atoms with Crippen molar-refractivity contribution in [3.8, 4) is 6.07 Å². The molecule has 0 heterocycles. The van der Waals surface area contributed by atoms with Crippen molar-refractivity contribution >= 4 is 5.78 Å². The number of Topliss-reactive ketones (excluding diaryl/α,β-unsaturated/α-hetero) is 1. The third kappa shape index (κ3) is 2.35. The molecule has 2 nitrogen and oxygen atoms in total. The Kier molecular flexibility index (Phi) is 4.13. The van der Waals surface area contributed by atoms with Gasteiger partial charge in [-0.25, -0.2) is 0 Å². The van der Waals surface area contributed by atoms with E-state index in [4.69, 9.17) is 5.26 Å². The molecule has 1 fully saturated rings. The van der Waals surface area contributed by atoms with Crippen LogP contribution >= 0.6 is 0 Å². The molecule has 1 rings (SSSR count). The quantitative estimate of drug-likeness (QED) is 0.691. The van der Waals surface area contributed by atoms with Crippen LogP contribution in [0.3, 0.4) is 0 Å². The van der Waals surface area contributed by atoms with E-state index in [1.165, 1.54) is 6.42 Å². The van der Waals surface area contributed by atoms with E-state index in [9.17, 15) is 4.79 Å². The van der Waals surface area contributed by atoms with Crippen molar-refractivity contribution in [2.45, 2.75) is 46.0 Å². The minimum atomic E-state index is 0.0872. The molecule has 2 heteroatoms. The van der Waals surface area contributed by atoms with Crippen LogP contribution in [0.1, 0.15) is 46.0 Å². The molecule has 0 N–H and O–H groups in total. The lowest BCUT2D eigenvalue weighted by Crippen LogP contribution is -2.30. The van der Waals surface area contributed by atoms with Crippen LogP contribution in [0.4, 0.5) is 0 Å². The van der Waals surface area contributed by atoms with E-state index in [-0.39, 0.29) is 17.6 Å². The second-order valence-electron chi connectivity index (χ2n) is 4.31. The normalized spacial score (nSPS) is 29.2. The predicted octanol–water partition coefficient (Wildman–Crippen LogP) is 2.93. The minimum absolute atomic E-state index is 0.0872. The summed E-state index contributed by atoms with van der Waals surface area (Å²) in [5.74, 6) is 0.859. The number of carbonyl (C=O) groups is 1. The van der Waals surface area contributed by atoms with Crippen LogP contribution in [0, 0.1) is 29.1 Å². The van der Waals surface area contributed by atoms with Crippen molar-refractivity contribution < 1.29 is 4.79 Å². The van der Waals surface area contributed by atoms with Gasteiger partial charge in [-0.15, -0.1) is 0 Å². The summed E-state index contributed by atoms with van der Waals surface area (Å²) in [5, 5.41) is 9.02. The van der Waals surface area contributed by atoms with Gasteiger partial charge in [-0.05, 0) is 32.1 Å². The summed E-state index contributed by atoms with van der Waals surface area (Å²) in [5.41, 5.74) is 0. The molecule has 0 aliphatic heterocycles. The predicted molar refractivity (Wildman–Crippen MR) is 55.5 cm³/mol. The van der Waals surface area contributed by atoms with Gasteiger partial charge in [-0.3, -0.25) is 4.79 Å². The molecule has 78 valence electrons. The van der Waals surface area contributed by atoms with Gasteiger partial charge in [0, 0.05) is 11.8 Å². The molecule has 0 amide bonds. The Morgan fingerprint density at radius 3 is 2.64 bits per heavy atom. The number of hydrogen-bond donors (Lipinski definition) is 0. The first-order chi connectivity index (χ1) is 6.70. The third-order valence-electron chi connectivity index (χ3n) is 3.46. The first-order valence-corrected chi connectivity index (χ1v) is 5.60. The second kappa shape index (κ2) is 5.14. The topological polar surface area (TPSA) is 40.9 Å². The molecule has 0 aromatic heterocycles. The molecule has 0 radical (unpaired) electrons. The van der Waals surface area contributed by atoms with Gasteiger partial charge in [0.2, 0.25) is 0 Å². The van der Waals surface area contributed by atoms with E-state index >= 15 is 0 Å². The fourth-order valence-corrected chi connectivity index (χ4v) is 2.64. The van der Waals surface area contributed by atoms with E-state index in [1.54, 1.807) is 6.92 Å². The molecule has 0 aromatic carbocycles. The zero-order chi connectivity index (χ0) is 10.6. The van der Waals surface area contributed by atoms with Crippen molar-refractivity contribution in [2.24, 2.45) is 17.8 Å². The number of carbonyl (C=O) groups excluding carboxylic acids is 1. The molecule has 3 atom stereocenters. The molecule has 1 aliphatic carbocycles. The molecule has 1 aliphatic rings. The van der Waals surface area contributed by atoms with Crippen molar-refractivity contribution in [3.05, 3.63) is 0 Å². The number of ketones is 1. The van der Waals surface area contributed by atoms with Crippen LogP contribution in [0.25, 0.3) is 0 Å². The Hall–Kier alpha value is -0.840. The number of nitriles is 1. The van der Waals surface area contributed by atoms with Gasteiger partial charge >= 0.3 is 0 Å². The maximum atomic E-state index is 11.4. The van der Waals surface area contributed by atoms with Crippen molar-refractivity contribution in [3.63, 3.8) is 0 Å². The maximum Gasteiger partial charge on any atom is 0.133 e. The van der Waals surface area contributed by atoms with Gasteiger partial charge in [-0.2, -0.15) is 5.26 Å². The van der Waals surface area contributed by atoms with Crippen molar-refractivity contribution in [1.29, 1.82) is 5.26 Å². The second-order valence-corrected chi connectivity index (χ2v) is 4.31. The lowest BCUT2D eigenvalue weighted by Gasteiger charge is -2.32. The fourth-order valence-electron chi connectivity index (χ4n) is 2.64. The van der Waals surface area contributed by atoms with Gasteiger partial charge < -0.3 is 0 Å². The molecule has 0 aromatic rings. The van der Waals surface area contributed by atoms with Gasteiger partial charge in [0.1, 0.15) is 5.78 Å². The van der Waals surface area contributed by atoms with Gasteiger partial charge in [0.25, 0.3) is 0 Å². The highest BCUT2D eigenvalue weighted by Gasteiger charge is 2.33. The lowest BCUT2D eigenvalue weighted by atomic mass is 9.70. The van der Waals surface area contributed by atoms with E-state index in [0.29, 0.717) is 5.92 Å². The fraction of sp³-hybridized carbons (Fsp3) is 0.833. The SMILES string of the molecule is CCC(C#N)C1CCCCC1C(C)=O. The average molecular weight is 193 g/mol.